The second kappa shape index (κ2) is 12.4. The van der Waals surface area contributed by atoms with Crippen LogP contribution in [0.5, 0.6) is 0 Å². The highest BCUT2D eigenvalue weighted by atomic mass is 16.6. The Morgan fingerprint density at radius 2 is 1.81 bits per heavy atom. The molecule has 1 aromatic carbocycles. The fourth-order valence-electron chi connectivity index (χ4n) is 17.6. The monoisotopic (exact) mass is 797 g/mol. The van der Waals surface area contributed by atoms with Gasteiger partial charge in [-0.1, -0.05) is 62.1 Å². The summed E-state index contributed by atoms with van der Waals surface area (Å²) in [7, 11) is 0. The minimum absolute atomic E-state index is 0.190. The Morgan fingerprint density at radius 1 is 0.949 bits per heavy atom. The molecule has 13 atom stereocenters. The van der Waals surface area contributed by atoms with E-state index >= 15 is 4.79 Å². The van der Waals surface area contributed by atoms with Crippen LogP contribution >= 0.6 is 0 Å². The number of aliphatic hydroxyl groups excluding tert-OH is 1. The Balaban J connectivity index is 1.11. The van der Waals surface area contributed by atoms with Crippen molar-refractivity contribution < 1.29 is 24.2 Å². The average molecular weight is 798 g/mol. The molecule has 16 rings (SSSR count). The molecule has 312 valence electrons. The van der Waals surface area contributed by atoms with Crippen LogP contribution in [-0.4, -0.2) is 65.1 Å². The standard InChI is InChI=1S/C51H63N3O5/c1-27-12-13-32-22-36-28(2)20-33-14-15-38-34-21-29-24-53(26-34)39(30-7-3-4-8-30)23-40(55)46-49-17-16-35(43(36)45(33)54(38)25-29)44(32)50(49,48(57)58-46)41(19-27)51(49)37-11-5-9-31(10-6-18-52)42(37)47(56)59-51/h5,9,11,22,27-30,34,36,38-39,41,43,55H,3-4,6-8,10,12-21,23-26,52H2,1-2H3/b46-40+/t27-,28-,29+,34-,36+,38-,39+,41-,43+,49+,50+,51+/m0/s1. The van der Waals surface area contributed by atoms with Gasteiger partial charge in [0.15, 0.2) is 11.4 Å². The van der Waals surface area contributed by atoms with Gasteiger partial charge in [-0.05, 0) is 142 Å². The summed E-state index contributed by atoms with van der Waals surface area (Å²) >= 11 is 0. The first-order valence-electron chi connectivity index (χ1n) is 24.1. The summed E-state index contributed by atoms with van der Waals surface area (Å²) < 4.78 is 14.1. The van der Waals surface area contributed by atoms with Gasteiger partial charge in [0, 0.05) is 61.2 Å². The number of fused-ring (bicyclic) bond motifs is 3. The van der Waals surface area contributed by atoms with Crippen molar-refractivity contribution in [2.24, 2.45) is 63.9 Å². The van der Waals surface area contributed by atoms with E-state index in [1.54, 1.807) is 11.3 Å². The molecule has 3 saturated carbocycles. The number of hydrogen-bond acceptors (Lipinski definition) is 8. The molecule has 3 saturated heterocycles. The van der Waals surface area contributed by atoms with Gasteiger partial charge in [0.2, 0.25) is 0 Å². The van der Waals surface area contributed by atoms with Crippen molar-refractivity contribution in [3.8, 4) is 0 Å². The number of carbonyl (C=O) groups is 2. The van der Waals surface area contributed by atoms with Crippen LogP contribution in [0, 0.1) is 58.2 Å². The van der Waals surface area contributed by atoms with Crippen molar-refractivity contribution in [1.82, 2.24) is 9.80 Å². The predicted octanol–water partition coefficient (Wildman–Crippen LogP) is 8.63. The summed E-state index contributed by atoms with van der Waals surface area (Å²) in [6, 6.07) is 7.04. The van der Waals surface area contributed by atoms with Gasteiger partial charge in [0.1, 0.15) is 11.2 Å². The molecule has 9 heterocycles. The summed E-state index contributed by atoms with van der Waals surface area (Å²) in [6.07, 6.45) is 18.6. The summed E-state index contributed by atoms with van der Waals surface area (Å²) in [6.45, 7) is 8.69. The number of carbonyl (C=O) groups excluding carboxylic acids is 2. The van der Waals surface area contributed by atoms with Crippen LogP contribution in [-0.2, 0) is 26.3 Å². The normalized spacial score (nSPS) is 46.2. The zero-order chi connectivity index (χ0) is 39.7. The topological polar surface area (TPSA) is 105 Å². The number of nitrogens with zero attached hydrogens (tertiary/aromatic N) is 2. The quantitative estimate of drug-likeness (QED) is 0.292. The third kappa shape index (κ3) is 4.25. The van der Waals surface area contributed by atoms with Crippen molar-refractivity contribution >= 4 is 11.9 Å². The molecule has 0 amide bonds. The van der Waals surface area contributed by atoms with Gasteiger partial charge in [0.05, 0.1) is 11.0 Å². The van der Waals surface area contributed by atoms with Crippen molar-refractivity contribution in [2.45, 2.75) is 134 Å². The fourth-order valence-corrected chi connectivity index (χ4v) is 17.6. The first-order valence-corrected chi connectivity index (χ1v) is 24.1. The molecule has 6 aliphatic carbocycles. The summed E-state index contributed by atoms with van der Waals surface area (Å²) in [5.74, 6) is 3.17. The van der Waals surface area contributed by atoms with Crippen LogP contribution in [0.2, 0.25) is 0 Å². The second-order valence-electron chi connectivity index (χ2n) is 21.9. The summed E-state index contributed by atoms with van der Waals surface area (Å²) in [5, 5.41) is 13.2. The lowest BCUT2D eigenvalue weighted by Gasteiger charge is -2.72. The molecule has 12 bridgehead atoms. The summed E-state index contributed by atoms with van der Waals surface area (Å²) in [4.78, 5) is 36.4. The highest BCUT2D eigenvalue weighted by molar-refractivity contribution is 6.00. The van der Waals surface area contributed by atoms with Crippen LogP contribution in [0.15, 0.2) is 63.8 Å². The molecule has 3 N–H and O–H groups in total. The molecule has 15 aliphatic rings. The van der Waals surface area contributed by atoms with Gasteiger partial charge in [0.25, 0.3) is 0 Å². The smallest absolute Gasteiger partial charge is 0.339 e. The number of rotatable bonds is 4. The lowest BCUT2D eigenvalue weighted by molar-refractivity contribution is -0.279. The highest BCUT2D eigenvalue weighted by Crippen LogP contribution is 2.88. The van der Waals surface area contributed by atoms with Crippen LogP contribution in [0.4, 0.5) is 0 Å². The number of aryl methyl sites for hydroxylation is 1. The van der Waals surface area contributed by atoms with E-state index in [-0.39, 0.29) is 35.6 Å². The van der Waals surface area contributed by atoms with E-state index in [1.165, 1.54) is 68.1 Å². The zero-order valence-electron chi connectivity index (χ0n) is 35.3. The number of esters is 2. The highest BCUT2D eigenvalue weighted by Gasteiger charge is 2.93. The molecule has 8 nitrogen and oxygen atoms in total. The predicted molar refractivity (Wildman–Crippen MR) is 223 cm³/mol. The number of nitrogens with two attached hydrogens (primary N) is 1. The van der Waals surface area contributed by atoms with Gasteiger partial charge in [-0.25, -0.2) is 4.79 Å². The minimum atomic E-state index is -1.11. The maximum Gasteiger partial charge on any atom is 0.339 e. The molecule has 9 aliphatic heterocycles. The van der Waals surface area contributed by atoms with Crippen molar-refractivity contribution in [2.75, 3.05) is 26.2 Å². The average Bonchev–Trinajstić information content (AvgIpc) is 3.94. The third-order valence-corrected chi connectivity index (χ3v) is 19.4. The Morgan fingerprint density at radius 3 is 2.66 bits per heavy atom. The number of hydrogen-bond donors (Lipinski definition) is 2. The molecule has 0 radical (unpaired) electrons. The lowest BCUT2D eigenvalue weighted by atomic mass is 9.28. The maximum atomic E-state index is 15.9. The van der Waals surface area contributed by atoms with Crippen molar-refractivity contribution in [3.05, 3.63) is 80.5 Å². The van der Waals surface area contributed by atoms with E-state index in [2.05, 4.69) is 47.9 Å². The van der Waals surface area contributed by atoms with E-state index in [0.29, 0.717) is 78.7 Å². The zero-order valence-corrected chi connectivity index (χ0v) is 35.3. The first-order chi connectivity index (χ1) is 28.7. The molecule has 1 aromatic rings. The van der Waals surface area contributed by atoms with Crippen molar-refractivity contribution in [3.63, 3.8) is 0 Å². The number of piperidine rings is 2. The Labute approximate surface area is 349 Å². The van der Waals surface area contributed by atoms with Gasteiger partial charge in [-0.15, -0.1) is 0 Å². The van der Waals surface area contributed by atoms with E-state index < -0.39 is 16.4 Å². The SMILES string of the molecule is C[C@H]1CCC2=C[C@H]3[C@H]4C5=C2[C@]26C(=O)O/C(=C(/O)C[C@H](C7CCCC7)N7C[C@H]8C[C@@H](C7)[C@@H]7CCC(=C4N7C8)C[C@@H]3C)[C@@]2(CC5)[C@]2(OC(=O)c3c(CCCN)cccc32)[C@H]6C1. The molecular formula is C51H63N3O5. The van der Waals surface area contributed by atoms with E-state index in [4.69, 9.17) is 15.2 Å². The fraction of sp³-hybridized carbons (Fsp3) is 0.686. The van der Waals surface area contributed by atoms with E-state index in [9.17, 15) is 9.90 Å². The second-order valence-corrected chi connectivity index (χ2v) is 21.9. The lowest BCUT2D eigenvalue weighted by Crippen LogP contribution is -2.77. The first kappa shape index (κ1) is 36.3. The van der Waals surface area contributed by atoms with Gasteiger partial charge in [-0.3, -0.25) is 9.69 Å². The Bertz CT molecular complexity index is 2210. The molecular weight excluding hydrogens is 735 g/mol. The van der Waals surface area contributed by atoms with Crippen LogP contribution in [0.25, 0.3) is 0 Å². The molecule has 6 fully saturated rings. The van der Waals surface area contributed by atoms with Crippen molar-refractivity contribution in [1.29, 1.82) is 0 Å². The van der Waals surface area contributed by atoms with Gasteiger partial charge < -0.3 is 25.2 Å². The van der Waals surface area contributed by atoms with Crippen LogP contribution < -0.4 is 5.73 Å². The number of benzene rings is 1. The summed E-state index contributed by atoms with van der Waals surface area (Å²) in [5.41, 5.74) is 12.9. The Hall–Kier alpha value is -3.36. The maximum absolute atomic E-state index is 15.9. The van der Waals surface area contributed by atoms with Gasteiger partial charge in [-0.2, -0.15) is 0 Å². The van der Waals surface area contributed by atoms with Crippen LogP contribution in [0.1, 0.15) is 132 Å². The molecule has 3 spiro atoms. The molecule has 8 heteroatoms. The minimum Gasteiger partial charge on any atom is -0.509 e. The Kier molecular flexibility index (Phi) is 7.63. The molecule has 59 heavy (non-hydrogen) atoms. The number of ether oxygens (including phenoxy) is 2. The number of allylic oxidation sites excluding steroid dienone is 4. The molecule has 1 unspecified atom stereocenters. The molecule has 0 aromatic heterocycles. The van der Waals surface area contributed by atoms with E-state index in [0.717, 1.165) is 62.9 Å². The van der Waals surface area contributed by atoms with Crippen LogP contribution in [0.3, 0.4) is 0 Å². The van der Waals surface area contributed by atoms with Gasteiger partial charge >= 0.3 is 11.9 Å². The largest absolute Gasteiger partial charge is 0.509 e. The number of aliphatic hydroxyl groups is 1. The third-order valence-electron chi connectivity index (χ3n) is 19.4. The van der Waals surface area contributed by atoms with E-state index in [1.807, 2.05) is 0 Å².